The Bertz CT molecular complexity index is 1360. The molecule has 3 heterocycles. The smallest absolute Gasteiger partial charge is 0.335 e. The normalized spacial score (nSPS) is 16.7. The number of hydrogen-bond donors (Lipinski definition) is 2. The summed E-state index contributed by atoms with van der Waals surface area (Å²) in [6.45, 7) is 4.27. The lowest BCUT2D eigenvalue weighted by Crippen LogP contribution is -2.59. The van der Waals surface area contributed by atoms with Gasteiger partial charge in [0.2, 0.25) is 11.9 Å². The van der Waals surface area contributed by atoms with E-state index in [2.05, 4.69) is 15.3 Å². The van der Waals surface area contributed by atoms with Crippen molar-refractivity contribution < 1.29 is 32.3 Å². The monoisotopic (exact) mass is 530 g/mol. The highest BCUT2D eigenvalue weighted by Crippen LogP contribution is 2.27. The van der Waals surface area contributed by atoms with Crippen molar-refractivity contribution in [2.75, 3.05) is 23.3 Å². The van der Waals surface area contributed by atoms with Crippen LogP contribution in [0.2, 0.25) is 0 Å². The number of rotatable bonds is 3. The molecule has 38 heavy (non-hydrogen) atoms. The summed E-state index contributed by atoms with van der Waals surface area (Å²) in [5.74, 6) is -4.47. The van der Waals surface area contributed by atoms with Crippen molar-refractivity contribution in [2.45, 2.75) is 25.9 Å². The summed E-state index contributed by atoms with van der Waals surface area (Å²) in [6, 6.07) is 7.53. The van der Waals surface area contributed by atoms with E-state index in [-0.39, 0.29) is 23.3 Å². The van der Waals surface area contributed by atoms with Crippen molar-refractivity contribution >= 4 is 23.4 Å². The Kier molecular flexibility index (Phi) is 8.80. The number of nitrogens with one attached hydrogen (secondary N) is 1. The number of nitriles is 1. The van der Waals surface area contributed by atoms with Crippen molar-refractivity contribution in [2.24, 2.45) is 0 Å². The minimum Gasteiger partial charge on any atom is -0.478 e. The van der Waals surface area contributed by atoms with Crippen molar-refractivity contribution in [3.63, 3.8) is 0 Å². The second-order valence-corrected chi connectivity index (χ2v) is 8.37. The van der Waals surface area contributed by atoms with E-state index in [1.165, 1.54) is 24.4 Å². The van der Waals surface area contributed by atoms with Gasteiger partial charge in [-0.15, -0.1) is 0 Å². The van der Waals surface area contributed by atoms with E-state index in [9.17, 15) is 27.2 Å². The Morgan fingerprint density at radius 2 is 1.58 bits per heavy atom. The molecule has 2 N–H and O–H groups in total. The summed E-state index contributed by atoms with van der Waals surface area (Å²) >= 11 is 0. The van der Waals surface area contributed by atoms with Crippen LogP contribution in [0.1, 0.15) is 29.8 Å². The molecule has 1 aliphatic heterocycles. The van der Waals surface area contributed by atoms with E-state index < -0.39 is 41.1 Å². The number of hydrogen-bond acceptors (Lipinski definition) is 6. The molecule has 2 amide bonds. The molecule has 2 aromatic heterocycles. The fraction of sp³-hybridized carbons (Fsp3) is 0.240. The number of benzene rings is 1. The number of piperazine rings is 1. The van der Waals surface area contributed by atoms with E-state index in [4.69, 9.17) is 10.4 Å². The Morgan fingerprint density at radius 1 is 0.974 bits per heavy atom. The third kappa shape index (κ3) is 6.73. The third-order valence-electron chi connectivity index (χ3n) is 5.67. The van der Waals surface area contributed by atoms with Gasteiger partial charge in [-0.2, -0.15) is 14.0 Å². The first-order valence-electron chi connectivity index (χ1n) is 11.2. The number of aromatic carboxylic acids is 1. The number of halogens is 4. The molecule has 0 unspecified atom stereocenters. The maximum atomic E-state index is 14.0. The molecule has 1 fully saturated rings. The fourth-order valence-corrected chi connectivity index (χ4v) is 3.81. The zero-order chi connectivity index (χ0) is 28.0. The Hall–Kier alpha value is -4.73. The Labute approximate surface area is 215 Å². The SMILES string of the molecule is C[C@@H]1CN(c2cc(F)c(C#N)c(F)c2)[C@@H](C)CN1C(=O)Nc1ccnc(F)c1.O=C(O)c1ccnc(F)c1. The highest BCUT2D eigenvalue weighted by Gasteiger charge is 2.33. The predicted molar refractivity (Wildman–Crippen MR) is 128 cm³/mol. The zero-order valence-electron chi connectivity index (χ0n) is 20.2. The van der Waals surface area contributed by atoms with Crippen LogP contribution in [0, 0.1) is 34.9 Å². The van der Waals surface area contributed by atoms with Gasteiger partial charge < -0.3 is 20.2 Å². The molecule has 0 saturated carbocycles. The zero-order valence-corrected chi connectivity index (χ0v) is 20.2. The number of pyridine rings is 2. The molecule has 1 aromatic carbocycles. The molecular weight excluding hydrogens is 508 g/mol. The first kappa shape index (κ1) is 27.9. The van der Waals surface area contributed by atoms with Gasteiger partial charge in [-0.05, 0) is 38.1 Å². The number of carboxylic acid groups (broad SMARTS) is 1. The van der Waals surface area contributed by atoms with Gasteiger partial charge >= 0.3 is 12.0 Å². The molecule has 2 atom stereocenters. The van der Waals surface area contributed by atoms with Crippen molar-refractivity contribution in [1.29, 1.82) is 5.26 Å². The first-order valence-corrected chi connectivity index (χ1v) is 11.2. The summed E-state index contributed by atoms with van der Waals surface area (Å²) < 4.78 is 53.3. The molecule has 198 valence electrons. The molecule has 0 aliphatic carbocycles. The van der Waals surface area contributed by atoms with Crippen molar-refractivity contribution in [1.82, 2.24) is 14.9 Å². The van der Waals surface area contributed by atoms with Gasteiger partial charge in [0.25, 0.3) is 0 Å². The quantitative estimate of drug-likeness (QED) is 0.380. The number of anilines is 2. The van der Waals surface area contributed by atoms with Crippen LogP contribution in [0.4, 0.5) is 33.7 Å². The first-order chi connectivity index (χ1) is 18.0. The van der Waals surface area contributed by atoms with Crippen molar-refractivity contribution in [3.8, 4) is 6.07 Å². The molecule has 3 aromatic rings. The predicted octanol–water partition coefficient (Wildman–Crippen LogP) is 4.42. The second kappa shape index (κ2) is 12.0. The summed E-state index contributed by atoms with van der Waals surface area (Å²) in [5.41, 5.74) is -0.111. The molecule has 13 heteroatoms. The van der Waals surface area contributed by atoms with Gasteiger partial charge in [0.1, 0.15) is 23.3 Å². The molecule has 4 rings (SSSR count). The van der Waals surface area contributed by atoms with Crippen LogP contribution < -0.4 is 10.2 Å². The van der Waals surface area contributed by atoms with Gasteiger partial charge in [-0.3, -0.25) is 0 Å². The van der Waals surface area contributed by atoms with Gasteiger partial charge in [0.05, 0.1) is 5.56 Å². The third-order valence-corrected chi connectivity index (χ3v) is 5.67. The Balaban J connectivity index is 0.000000336. The molecular formula is C25H22F4N6O3. The molecule has 0 bridgehead atoms. The number of aromatic nitrogens is 2. The number of carboxylic acids is 1. The summed E-state index contributed by atoms with van der Waals surface area (Å²) in [5, 5.41) is 19.7. The van der Waals surface area contributed by atoms with Crippen LogP contribution in [0.25, 0.3) is 0 Å². The second-order valence-electron chi connectivity index (χ2n) is 8.37. The van der Waals surface area contributed by atoms with Crippen molar-refractivity contribution in [3.05, 3.63) is 83.4 Å². The number of urea groups is 1. The molecule has 1 aliphatic rings. The topological polar surface area (TPSA) is 122 Å². The maximum absolute atomic E-state index is 14.0. The average Bonchev–Trinajstić information content (AvgIpc) is 2.85. The molecule has 0 radical (unpaired) electrons. The average molecular weight is 530 g/mol. The number of amides is 2. The van der Waals surface area contributed by atoms with Crippen LogP contribution >= 0.6 is 0 Å². The van der Waals surface area contributed by atoms with E-state index in [0.29, 0.717) is 18.8 Å². The van der Waals surface area contributed by atoms with Gasteiger partial charge in [0.15, 0.2) is 0 Å². The standard InChI is InChI=1S/C19H18F3N5O.C6H4FNO2/c1-11-10-27(19(28)25-13-3-4-24-18(22)5-13)12(2)9-26(11)14-6-16(20)15(8-23)17(21)7-14;7-5-3-4(6(9)10)1-2-8-5/h3-7,11-12H,9-10H2,1-2H3,(H,24,25,28);1-3H,(H,9,10)/t11-,12+;/m0./s1. The van der Waals surface area contributed by atoms with Crippen LogP contribution in [0.15, 0.2) is 48.8 Å². The number of carbonyl (C=O) groups excluding carboxylic acids is 1. The van der Waals surface area contributed by atoms with Crippen LogP contribution in [0.5, 0.6) is 0 Å². The van der Waals surface area contributed by atoms with E-state index in [0.717, 1.165) is 30.5 Å². The van der Waals surface area contributed by atoms with E-state index in [1.54, 1.807) is 9.80 Å². The number of nitrogens with zero attached hydrogens (tertiary/aromatic N) is 5. The largest absolute Gasteiger partial charge is 0.478 e. The van der Waals surface area contributed by atoms with Gasteiger partial charge in [0, 0.05) is 61.1 Å². The van der Waals surface area contributed by atoms with E-state index >= 15 is 0 Å². The summed E-state index contributed by atoms with van der Waals surface area (Å²) in [4.78, 5) is 32.7. The summed E-state index contributed by atoms with van der Waals surface area (Å²) in [7, 11) is 0. The minimum atomic E-state index is -1.15. The molecule has 0 spiro atoms. The lowest BCUT2D eigenvalue weighted by molar-refractivity contribution is 0.0696. The maximum Gasteiger partial charge on any atom is 0.335 e. The number of carbonyl (C=O) groups is 2. The fourth-order valence-electron chi connectivity index (χ4n) is 3.81. The lowest BCUT2D eigenvalue weighted by Gasteiger charge is -2.45. The van der Waals surface area contributed by atoms with Crippen LogP contribution in [0.3, 0.4) is 0 Å². The highest BCUT2D eigenvalue weighted by atomic mass is 19.1. The molecule has 1 saturated heterocycles. The van der Waals surface area contributed by atoms with E-state index in [1.807, 2.05) is 13.8 Å². The van der Waals surface area contributed by atoms with Crippen LogP contribution in [-0.4, -0.2) is 57.1 Å². The molecule has 9 nitrogen and oxygen atoms in total. The van der Waals surface area contributed by atoms with Gasteiger partial charge in [-0.1, -0.05) is 0 Å². The minimum absolute atomic E-state index is 0.0903. The lowest BCUT2D eigenvalue weighted by atomic mass is 10.1. The highest BCUT2D eigenvalue weighted by molar-refractivity contribution is 5.89. The summed E-state index contributed by atoms with van der Waals surface area (Å²) in [6.07, 6.45) is 2.36. The Morgan fingerprint density at radius 3 is 2.11 bits per heavy atom. The van der Waals surface area contributed by atoms with Crippen LogP contribution in [-0.2, 0) is 0 Å². The van der Waals surface area contributed by atoms with Gasteiger partial charge in [-0.25, -0.2) is 28.3 Å².